The van der Waals surface area contributed by atoms with Gasteiger partial charge in [0.25, 0.3) is 0 Å². The van der Waals surface area contributed by atoms with E-state index in [1.165, 1.54) is 6.08 Å². The first-order chi connectivity index (χ1) is 10.1. The third kappa shape index (κ3) is 5.63. The zero-order chi connectivity index (χ0) is 15.7. The molecule has 1 rings (SSSR count). The number of carbonyl (C=O) groups is 1. The fraction of sp³-hybridized carbons (Fsp3) is 0.375. The second-order valence-corrected chi connectivity index (χ2v) is 4.65. The van der Waals surface area contributed by atoms with Crippen molar-refractivity contribution in [2.24, 2.45) is 4.99 Å². The lowest BCUT2D eigenvalue weighted by molar-refractivity contribution is -0.140. The van der Waals surface area contributed by atoms with Gasteiger partial charge < -0.3 is 9.64 Å². The van der Waals surface area contributed by atoms with Crippen LogP contribution in [0.25, 0.3) is 0 Å². The Labute approximate surface area is 124 Å². The van der Waals surface area contributed by atoms with Crippen LogP contribution >= 0.6 is 0 Å². The number of benzene rings is 1. The molecule has 0 N–H and O–H groups in total. The van der Waals surface area contributed by atoms with Crippen LogP contribution in [-0.4, -0.2) is 30.2 Å². The van der Waals surface area contributed by atoms with E-state index in [-0.39, 0.29) is 12.8 Å². The highest BCUT2D eigenvalue weighted by Crippen LogP contribution is 2.08. The van der Waals surface area contributed by atoms with Gasteiger partial charge in [0.1, 0.15) is 12.8 Å². The molecule has 1 aromatic carbocycles. The molecule has 0 aromatic heterocycles. The molecule has 1 atom stereocenters. The lowest BCUT2D eigenvalue weighted by Crippen LogP contribution is -2.25. The SMILES string of the molecule is CCC(N=C=O)N(C)C=C(C)C(=O)OCc1ccccc1. The molecule has 0 spiro atoms. The molecule has 0 aliphatic rings. The number of carbonyl (C=O) groups excluding carboxylic acids is 2. The number of hydrogen-bond acceptors (Lipinski definition) is 5. The highest BCUT2D eigenvalue weighted by molar-refractivity contribution is 5.87. The second-order valence-electron chi connectivity index (χ2n) is 4.65. The first-order valence-corrected chi connectivity index (χ1v) is 6.76. The first-order valence-electron chi connectivity index (χ1n) is 6.76. The molecule has 5 heteroatoms. The predicted octanol–water partition coefficient (Wildman–Crippen LogP) is 2.64. The summed E-state index contributed by atoms with van der Waals surface area (Å²) in [6.45, 7) is 3.80. The van der Waals surface area contributed by atoms with E-state index in [1.54, 1.807) is 25.1 Å². The first kappa shape index (κ1) is 16.7. The van der Waals surface area contributed by atoms with Crippen LogP contribution in [0.4, 0.5) is 0 Å². The average Bonchev–Trinajstić information content (AvgIpc) is 2.50. The standard InChI is InChI=1S/C16H20N2O3/c1-4-15(17-12-19)18(3)10-13(2)16(20)21-11-14-8-6-5-7-9-14/h5-10,15H,4,11H2,1-3H3. The molecule has 1 aromatic rings. The van der Waals surface area contributed by atoms with Crippen LogP contribution < -0.4 is 0 Å². The molecule has 0 fully saturated rings. The maximum atomic E-state index is 11.9. The van der Waals surface area contributed by atoms with Crippen LogP contribution in [0.3, 0.4) is 0 Å². The van der Waals surface area contributed by atoms with Gasteiger partial charge in [-0.15, -0.1) is 0 Å². The monoisotopic (exact) mass is 288 g/mol. The van der Waals surface area contributed by atoms with Gasteiger partial charge in [-0.2, -0.15) is 4.99 Å². The summed E-state index contributed by atoms with van der Waals surface area (Å²) < 4.78 is 5.22. The van der Waals surface area contributed by atoms with Crippen molar-refractivity contribution >= 4 is 12.0 Å². The molecule has 0 saturated heterocycles. The van der Waals surface area contributed by atoms with Gasteiger partial charge >= 0.3 is 5.97 Å². The van der Waals surface area contributed by atoms with E-state index < -0.39 is 5.97 Å². The summed E-state index contributed by atoms with van der Waals surface area (Å²) in [5.74, 6) is -0.393. The number of nitrogens with zero attached hydrogens (tertiary/aromatic N) is 2. The van der Waals surface area contributed by atoms with E-state index in [0.29, 0.717) is 12.0 Å². The van der Waals surface area contributed by atoms with Crippen LogP contribution in [0.5, 0.6) is 0 Å². The van der Waals surface area contributed by atoms with Crippen molar-refractivity contribution in [2.75, 3.05) is 7.05 Å². The Bertz CT molecular complexity index is 534. The minimum absolute atomic E-state index is 0.234. The van der Waals surface area contributed by atoms with Gasteiger partial charge in [0, 0.05) is 18.8 Å². The summed E-state index contributed by atoms with van der Waals surface area (Å²) in [7, 11) is 1.75. The Hall–Kier alpha value is -2.39. The number of isocyanates is 1. The van der Waals surface area contributed by atoms with Crippen molar-refractivity contribution in [3.05, 3.63) is 47.7 Å². The van der Waals surface area contributed by atoms with Gasteiger partial charge in [-0.1, -0.05) is 37.3 Å². The van der Waals surface area contributed by atoms with Gasteiger partial charge in [0.2, 0.25) is 6.08 Å². The van der Waals surface area contributed by atoms with Crippen molar-refractivity contribution in [1.29, 1.82) is 0 Å². The molecule has 1 unspecified atom stereocenters. The van der Waals surface area contributed by atoms with E-state index in [0.717, 1.165) is 5.56 Å². The third-order valence-corrected chi connectivity index (χ3v) is 2.97. The molecule has 0 amide bonds. The molecular weight excluding hydrogens is 268 g/mol. The van der Waals surface area contributed by atoms with E-state index in [4.69, 9.17) is 4.74 Å². The van der Waals surface area contributed by atoms with Crippen LogP contribution in [0.2, 0.25) is 0 Å². The Morgan fingerprint density at radius 3 is 2.67 bits per heavy atom. The Balaban J connectivity index is 2.60. The lowest BCUT2D eigenvalue weighted by Gasteiger charge is -2.21. The summed E-state index contributed by atoms with van der Waals surface area (Å²) in [5.41, 5.74) is 1.39. The molecule has 21 heavy (non-hydrogen) atoms. The molecule has 5 nitrogen and oxygen atoms in total. The van der Waals surface area contributed by atoms with E-state index in [2.05, 4.69) is 4.99 Å². The fourth-order valence-electron chi connectivity index (χ4n) is 1.81. The Kier molecular flexibility index (Phi) is 6.92. The molecule has 0 radical (unpaired) electrons. The van der Waals surface area contributed by atoms with Crippen LogP contribution in [0, 0.1) is 0 Å². The normalized spacial score (nSPS) is 12.2. The Morgan fingerprint density at radius 1 is 1.43 bits per heavy atom. The number of hydrogen-bond donors (Lipinski definition) is 0. The average molecular weight is 288 g/mol. The molecule has 0 heterocycles. The summed E-state index contributed by atoms with van der Waals surface area (Å²) in [6, 6.07) is 9.48. The summed E-state index contributed by atoms with van der Waals surface area (Å²) >= 11 is 0. The van der Waals surface area contributed by atoms with E-state index in [1.807, 2.05) is 37.3 Å². The molecular formula is C16H20N2O3. The summed E-state index contributed by atoms with van der Waals surface area (Å²) in [4.78, 5) is 27.6. The molecule has 0 saturated carbocycles. The molecule has 0 aliphatic heterocycles. The zero-order valence-corrected chi connectivity index (χ0v) is 12.6. The van der Waals surface area contributed by atoms with Crippen LogP contribution in [0.1, 0.15) is 25.8 Å². The highest BCUT2D eigenvalue weighted by atomic mass is 16.5. The summed E-state index contributed by atoms with van der Waals surface area (Å²) in [5, 5.41) is 0. The van der Waals surface area contributed by atoms with Crippen molar-refractivity contribution in [3.8, 4) is 0 Å². The highest BCUT2D eigenvalue weighted by Gasteiger charge is 2.11. The van der Waals surface area contributed by atoms with Crippen molar-refractivity contribution in [3.63, 3.8) is 0 Å². The third-order valence-electron chi connectivity index (χ3n) is 2.97. The number of rotatable bonds is 7. The predicted molar refractivity (Wildman–Crippen MR) is 80.0 cm³/mol. The van der Waals surface area contributed by atoms with Gasteiger partial charge in [0.15, 0.2) is 0 Å². The Morgan fingerprint density at radius 2 is 2.10 bits per heavy atom. The molecule has 0 bridgehead atoms. The second kappa shape index (κ2) is 8.72. The zero-order valence-electron chi connectivity index (χ0n) is 12.6. The number of esters is 1. The van der Waals surface area contributed by atoms with E-state index in [9.17, 15) is 9.59 Å². The van der Waals surface area contributed by atoms with Gasteiger partial charge in [0.05, 0.1) is 0 Å². The van der Waals surface area contributed by atoms with Crippen LogP contribution in [0.15, 0.2) is 47.1 Å². The maximum Gasteiger partial charge on any atom is 0.335 e. The van der Waals surface area contributed by atoms with Gasteiger partial charge in [-0.25, -0.2) is 9.59 Å². The summed E-state index contributed by atoms with van der Waals surface area (Å²) in [6.07, 6.45) is 3.49. The number of aliphatic imine (C=N–C) groups is 1. The van der Waals surface area contributed by atoms with Crippen LogP contribution in [-0.2, 0) is 20.9 Å². The van der Waals surface area contributed by atoms with Crippen molar-refractivity contribution < 1.29 is 14.3 Å². The quantitative estimate of drug-likeness (QED) is 0.335. The smallest absolute Gasteiger partial charge is 0.335 e. The van der Waals surface area contributed by atoms with Crippen molar-refractivity contribution in [2.45, 2.75) is 33.0 Å². The minimum Gasteiger partial charge on any atom is -0.457 e. The lowest BCUT2D eigenvalue weighted by atomic mass is 10.2. The molecule has 0 aliphatic carbocycles. The van der Waals surface area contributed by atoms with Gasteiger partial charge in [-0.05, 0) is 18.9 Å². The minimum atomic E-state index is -0.393. The maximum absolute atomic E-state index is 11.9. The number of ether oxygens (including phenoxy) is 1. The topological polar surface area (TPSA) is 59.0 Å². The van der Waals surface area contributed by atoms with Crippen molar-refractivity contribution in [1.82, 2.24) is 4.90 Å². The largest absolute Gasteiger partial charge is 0.457 e. The van der Waals surface area contributed by atoms with Gasteiger partial charge in [-0.3, -0.25) is 0 Å². The molecule has 112 valence electrons. The van der Waals surface area contributed by atoms with E-state index >= 15 is 0 Å². The fourth-order valence-corrected chi connectivity index (χ4v) is 1.81.